The summed E-state index contributed by atoms with van der Waals surface area (Å²) >= 11 is 1.78. The highest BCUT2D eigenvalue weighted by Crippen LogP contribution is 2.25. The Labute approximate surface area is 94.6 Å². The molecule has 15 heavy (non-hydrogen) atoms. The quantitative estimate of drug-likeness (QED) is 0.629. The van der Waals surface area contributed by atoms with Crippen LogP contribution in [-0.4, -0.2) is 23.9 Å². The summed E-state index contributed by atoms with van der Waals surface area (Å²) in [6, 6.07) is 4.88. The third-order valence-corrected chi connectivity index (χ3v) is 3.63. The van der Waals surface area contributed by atoms with Crippen molar-refractivity contribution in [1.82, 2.24) is 4.90 Å². The molecule has 1 aliphatic carbocycles. The highest BCUT2D eigenvalue weighted by atomic mass is 32.1. The molecule has 0 saturated heterocycles. The monoisotopic (exact) mass is 223 g/mol. The molecule has 1 saturated carbocycles. The number of hydrogen-bond donors (Lipinski definition) is 1. The summed E-state index contributed by atoms with van der Waals surface area (Å²) in [7, 11) is 2.02. The average molecular weight is 223 g/mol. The van der Waals surface area contributed by atoms with E-state index in [4.69, 9.17) is 5.73 Å². The molecule has 0 bridgehead atoms. The molecule has 4 heteroatoms. The van der Waals surface area contributed by atoms with E-state index >= 15 is 0 Å². The molecular formula is C11H17N3S. The van der Waals surface area contributed by atoms with Crippen LogP contribution in [0.5, 0.6) is 0 Å². The van der Waals surface area contributed by atoms with Gasteiger partial charge in [0.25, 0.3) is 0 Å². The van der Waals surface area contributed by atoms with Crippen LogP contribution in [-0.2, 0) is 6.54 Å². The van der Waals surface area contributed by atoms with Gasteiger partial charge in [0.05, 0.1) is 6.54 Å². The van der Waals surface area contributed by atoms with Crippen LogP contribution in [0.3, 0.4) is 0 Å². The number of nitrogens with two attached hydrogens (primary N) is 1. The summed E-state index contributed by atoms with van der Waals surface area (Å²) in [5.41, 5.74) is 5.89. The molecule has 1 heterocycles. The van der Waals surface area contributed by atoms with E-state index in [2.05, 4.69) is 28.9 Å². The fourth-order valence-corrected chi connectivity index (χ4v) is 2.30. The molecule has 0 aliphatic heterocycles. The Morgan fingerprint density at radius 3 is 2.87 bits per heavy atom. The van der Waals surface area contributed by atoms with E-state index in [1.165, 1.54) is 22.6 Å². The molecule has 0 atom stereocenters. The summed E-state index contributed by atoms with van der Waals surface area (Å²) in [5, 5.41) is 0. The molecule has 2 N–H and O–H groups in total. The number of aryl methyl sites for hydroxylation is 1. The molecule has 1 aromatic rings. The lowest BCUT2D eigenvalue weighted by molar-refractivity contribution is 0.487. The second kappa shape index (κ2) is 4.23. The summed E-state index contributed by atoms with van der Waals surface area (Å²) in [6.45, 7) is 2.82. The Balaban J connectivity index is 1.92. The minimum absolute atomic E-state index is 0.638. The molecule has 2 rings (SSSR count). The number of hydrogen-bond acceptors (Lipinski definition) is 2. The Morgan fingerprint density at radius 1 is 1.60 bits per heavy atom. The maximum Gasteiger partial charge on any atom is 0.191 e. The zero-order valence-corrected chi connectivity index (χ0v) is 10.0. The molecular weight excluding hydrogens is 206 g/mol. The third-order valence-electron chi connectivity index (χ3n) is 2.65. The van der Waals surface area contributed by atoms with Gasteiger partial charge in [0.15, 0.2) is 5.96 Å². The summed E-state index contributed by atoms with van der Waals surface area (Å²) in [4.78, 5) is 9.09. The molecule has 3 nitrogen and oxygen atoms in total. The van der Waals surface area contributed by atoms with Crippen molar-refractivity contribution in [2.24, 2.45) is 10.7 Å². The van der Waals surface area contributed by atoms with Crippen molar-refractivity contribution in [2.45, 2.75) is 32.4 Å². The van der Waals surface area contributed by atoms with Crippen LogP contribution in [0.2, 0.25) is 0 Å². The number of aliphatic imine (C=N–C) groups is 1. The smallest absolute Gasteiger partial charge is 0.191 e. The molecule has 1 aromatic heterocycles. The van der Waals surface area contributed by atoms with E-state index in [1.807, 2.05) is 7.05 Å². The van der Waals surface area contributed by atoms with Crippen molar-refractivity contribution in [2.75, 3.05) is 7.05 Å². The van der Waals surface area contributed by atoms with E-state index in [9.17, 15) is 0 Å². The Kier molecular flexibility index (Phi) is 2.95. The lowest BCUT2D eigenvalue weighted by atomic mass is 10.4. The Morgan fingerprint density at radius 2 is 2.33 bits per heavy atom. The summed E-state index contributed by atoms with van der Waals surface area (Å²) in [6.07, 6.45) is 2.51. The topological polar surface area (TPSA) is 41.6 Å². The molecule has 0 spiro atoms. The minimum Gasteiger partial charge on any atom is -0.370 e. The molecule has 0 amide bonds. The average Bonchev–Trinajstić information content (AvgIpc) is 2.98. The SMILES string of the molecule is Cc1ccc(CN=C(N)N(C)C2CC2)s1. The normalized spacial score (nSPS) is 16.8. The predicted octanol–water partition coefficient (Wildman–Crippen LogP) is 1.97. The van der Waals surface area contributed by atoms with Crippen molar-refractivity contribution in [3.8, 4) is 0 Å². The van der Waals surface area contributed by atoms with Crippen LogP contribution >= 0.6 is 11.3 Å². The van der Waals surface area contributed by atoms with E-state index in [-0.39, 0.29) is 0 Å². The molecule has 1 fully saturated rings. The number of nitrogens with zero attached hydrogens (tertiary/aromatic N) is 2. The highest BCUT2D eigenvalue weighted by Gasteiger charge is 2.27. The Hall–Kier alpha value is -1.03. The molecule has 0 unspecified atom stereocenters. The second-order valence-electron chi connectivity index (χ2n) is 4.03. The van der Waals surface area contributed by atoms with Crippen molar-refractivity contribution in [1.29, 1.82) is 0 Å². The van der Waals surface area contributed by atoms with Crippen molar-refractivity contribution in [3.05, 3.63) is 21.9 Å². The Bertz CT molecular complexity index is 366. The van der Waals surface area contributed by atoms with E-state index in [0.29, 0.717) is 18.5 Å². The van der Waals surface area contributed by atoms with E-state index in [0.717, 1.165) is 0 Å². The molecule has 82 valence electrons. The van der Waals surface area contributed by atoms with Crippen LogP contribution in [0, 0.1) is 6.92 Å². The fraction of sp³-hybridized carbons (Fsp3) is 0.545. The highest BCUT2D eigenvalue weighted by molar-refractivity contribution is 7.11. The maximum absolute atomic E-state index is 5.89. The molecule has 1 aliphatic rings. The van der Waals surface area contributed by atoms with Crippen molar-refractivity contribution < 1.29 is 0 Å². The summed E-state index contributed by atoms with van der Waals surface area (Å²) < 4.78 is 0. The molecule has 0 radical (unpaired) electrons. The second-order valence-corrected chi connectivity index (χ2v) is 5.40. The van der Waals surface area contributed by atoms with Gasteiger partial charge in [0.1, 0.15) is 0 Å². The van der Waals surface area contributed by atoms with Gasteiger partial charge < -0.3 is 10.6 Å². The zero-order valence-electron chi connectivity index (χ0n) is 9.23. The first kappa shape index (κ1) is 10.5. The lowest BCUT2D eigenvalue weighted by Crippen LogP contribution is -2.35. The van der Waals surface area contributed by atoms with Gasteiger partial charge in [0.2, 0.25) is 0 Å². The van der Waals surface area contributed by atoms with Gasteiger partial charge in [0, 0.05) is 22.8 Å². The standard InChI is InChI=1S/C11H17N3S/c1-8-3-6-10(15-8)7-13-11(12)14(2)9-4-5-9/h3,6,9H,4-5,7H2,1-2H3,(H2,12,13). The number of rotatable bonds is 3. The van der Waals surface area contributed by atoms with Crippen LogP contribution in [0.25, 0.3) is 0 Å². The fourth-order valence-electron chi connectivity index (χ4n) is 1.49. The minimum atomic E-state index is 0.638. The van der Waals surface area contributed by atoms with Gasteiger partial charge in [-0.25, -0.2) is 4.99 Å². The van der Waals surface area contributed by atoms with Crippen LogP contribution in [0.15, 0.2) is 17.1 Å². The van der Waals surface area contributed by atoms with Crippen LogP contribution in [0.1, 0.15) is 22.6 Å². The van der Waals surface area contributed by atoms with E-state index < -0.39 is 0 Å². The molecule has 0 aromatic carbocycles. The zero-order chi connectivity index (χ0) is 10.8. The van der Waals surface area contributed by atoms with Crippen molar-refractivity contribution in [3.63, 3.8) is 0 Å². The number of guanidine groups is 1. The third kappa shape index (κ3) is 2.72. The first-order chi connectivity index (χ1) is 7.16. The predicted molar refractivity (Wildman–Crippen MR) is 65.2 cm³/mol. The number of thiophene rings is 1. The van der Waals surface area contributed by atoms with Gasteiger partial charge in [-0.3, -0.25) is 0 Å². The van der Waals surface area contributed by atoms with Gasteiger partial charge in [-0.2, -0.15) is 0 Å². The summed E-state index contributed by atoms with van der Waals surface area (Å²) in [5.74, 6) is 0.670. The van der Waals surface area contributed by atoms with Crippen LogP contribution < -0.4 is 5.73 Å². The van der Waals surface area contributed by atoms with Gasteiger partial charge in [-0.05, 0) is 31.9 Å². The van der Waals surface area contributed by atoms with Crippen LogP contribution in [0.4, 0.5) is 0 Å². The first-order valence-corrected chi connectivity index (χ1v) is 6.06. The van der Waals surface area contributed by atoms with E-state index in [1.54, 1.807) is 11.3 Å². The largest absolute Gasteiger partial charge is 0.370 e. The van der Waals surface area contributed by atoms with Crippen molar-refractivity contribution >= 4 is 17.3 Å². The van der Waals surface area contributed by atoms with Gasteiger partial charge in [-0.15, -0.1) is 11.3 Å². The maximum atomic E-state index is 5.89. The lowest BCUT2D eigenvalue weighted by Gasteiger charge is -2.16. The first-order valence-electron chi connectivity index (χ1n) is 5.25. The van der Waals surface area contributed by atoms with Gasteiger partial charge in [-0.1, -0.05) is 0 Å². The van der Waals surface area contributed by atoms with Gasteiger partial charge >= 0.3 is 0 Å².